The first-order chi connectivity index (χ1) is 15.2. The molecule has 2 aromatic heterocycles. The standard InChI is InChI=1S/C25H25ClN4O/c26-24-7-2-1-4-18(24)8-17-5-3-6-19-14-30(15-23(17)19)25(31)21-9-20(10-27-11-21)22-12-28-16-29-13-22/h1-2,4,7,9-13,16-17,19,23H,3,5-6,8,14-15H2/t17-,19-,23-/m1/s1. The van der Waals surface area contributed by atoms with E-state index in [0.717, 1.165) is 35.7 Å². The Balaban J connectivity index is 1.32. The van der Waals surface area contributed by atoms with E-state index in [-0.39, 0.29) is 5.91 Å². The average molecular weight is 433 g/mol. The minimum atomic E-state index is 0.0668. The molecule has 1 aliphatic heterocycles. The van der Waals surface area contributed by atoms with Gasteiger partial charge in [-0.25, -0.2) is 9.97 Å². The van der Waals surface area contributed by atoms with Gasteiger partial charge in [0.2, 0.25) is 0 Å². The van der Waals surface area contributed by atoms with Crippen LogP contribution in [0.25, 0.3) is 11.1 Å². The quantitative estimate of drug-likeness (QED) is 0.587. The van der Waals surface area contributed by atoms with Crippen molar-refractivity contribution in [2.45, 2.75) is 25.7 Å². The summed E-state index contributed by atoms with van der Waals surface area (Å²) < 4.78 is 0. The first kappa shape index (κ1) is 20.1. The maximum Gasteiger partial charge on any atom is 0.255 e. The monoisotopic (exact) mass is 432 g/mol. The number of halogens is 1. The second-order valence-electron chi connectivity index (χ2n) is 8.71. The van der Waals surface area contributed by atoms with Gasteiger partial charge in [0.25, 0.3) is 5.91 Å². The van der Waals surface area contributed by atoms with Crippen LogP contribution >= 0.6 is 11.6 Å². The molecule has 0 bridgehead atoms. The maximum absolute atomic E-state index is 13.3. The van der Waals surface area contributed by atoms with Crippen molar-refractivity contribution in [1.29, 1.82) is 0 Å². The molecule has 1 aromatic carbocycles. The average Bonchev–Trinajstić information content (AvgIpc) is 3.26. The zero-order valence-corrected chi connectivity index (χ0v) is 18.1. The predicted molar refractivity (Wildman–Crippen MR) is 121 cm³/mol. The van der Waals surface area contributed by atoms with E-state index in [1.807, 2.05) is 23.1 Å². The zero-order valence-electron chi connectivity index (χ0n) is 17.3. The molecular weight excluding hydrogens is 408 g/mol. The van der Waals surface area contributed by atoms with Gasteiger partial charge in [-0.2, -0.15) is 0 Å². The second-order valence-corrected chi connectivity index (χ2v) is 9.12. The van der Waals surface area contributed by atoms with Gasteiger partial charge in [0.1, 0.15) is 6.33 Å². The van der Waals surface area contributed by atoms with E-state index >= 15 is 0 Å². The lowest BCUT2D eigenvalue weighted by Gasteiger charge is -2.33. The molecule has 5 rings (SSSR count). The molecule has 3 atom stereocenters. The number of fused-ring (bicyclic) bond motifs is 1. The van der Waals surface area contributed by atoms with Gasteiger partial charge in [-0.3, -0.25) is 9.78 Å². The van der Waals surface area contributed by atoms with Crippen molar-refractivity contribution in [1.82, 2.24) is 19.9 Å². The summed E-state index contributed by atoms with van der Waals surface area (Å²) >= 11 is 6.43. The van der Waals surface area contributed by atoms with Crippen molar-refractivity contribution in [3.63, 3.8) is 0 Å². The fraction of sp³-hybridized carbons (Fsp3) is 0.360. The first-order valence-corrected chi connectivity index (χ1v) is 11.3. The van der Waals surface area contributed by atoms with Gasteiger partial charge >= 0.3 is 0 Å². The summed E-state index contributed by atoms with van der Waals surface area (Å²) in [6.45, 7) is 1.65. The number of carbonyl (C=O) groups is 1. The van der Waals surface area contributed by atoms with Crippen molar-refractivity contribution in [2.75, 3.05) is 13.1 Å². The van der Waals surface area contributed by atoms with E-state index in [1.165, 1.54) is 31.2 Å². The number of likely N-dealkylation sites (tertiary alicyclic amines) is 1. The largest absolute Gasteiger partial charge is 0.338 e. The number of rotatable bonds is 4. The molecule has 3 heterocycles. The predicted octanol–water partition coefficient (Wildman–Crippen LogP) is 4.92. The summed E-state index contributed by atoms with van der Waals surface area (Å²) in [6, 6.07) is 10.0. The highest BCUT2D eigenvalue weighted by Gasteiger charge is 2.41. The van der Waals surface area contributed by atoms with Crippen LogP contribution in [0.4, 0.5) is 0 Å². The molecule has 6 heteroatoms. The molecule has 2 aliphatic rings. The molecule has 158 valence electrons. The first-order valence-electron chi connectivity index (χ1n) is 10.9. The fourth-order valence-corrected chi connectivity index (χ4v) is 5.52. The molecule has 0 unspecified atom stereocenters. The highest BCUT2D eigenvalue weighted by molar-refractivity contribution is 6.31. The Bertz CT molecular complexity index is 1070. The number of aromatic nitrogens is 3. The number of carbonyl (C=O) groups excluding carboxylic acids is 1. The SMILES string of the molecule is O=C(c1cncc(-c2cncnc2)c1)N1C[C@H]2CCC[C@H](Cc3ccccc3Cl)[C@H]2C1. The van der Waals surface area contributed by atoms with Crippen LogP contribution in [0.1, 0.15) is 35.2 Å². The van der Waals surface area contributed by atoms with Crippen molar-refractivity contribution < 1.29 is 4.79 Å². The Labute approximate surface area is 187 Å². The molecule has 1 saturated heterocycles. The van der Waals surface area contributed by atoms with Crippen molar-refractivity contribution in [3.8, 4) is 11.1 Å². The van der Waals surface area contributed by atoms with Crippen LogP contribution in [0.15, 0.2) is 61.4 Å². The lowest BCUT2D eigenvalue weighted by atomic mass is 9.71. The zero-order chi connectivity index (χ0) is 21.2. The molecule has 0 radical (unpaired) electrons. The summed E-state index contributed by atoms with van der Waals surface area (Å²) in [5.41, 5.74) is 3.57. The van der Waals surface area contributed by atoms with Gasteiger partial charge in [-0.15, -0.1) is 0 Å². The summed E-state index contributed by atoms with van der Waals surface area (Å²) in [6.07, 6.45) is 13.0. The molecule has 3 aromatic rings. The lowest BCUT2D eigenvalue weighted by Crippen LogP contribution is -2.30. The van der Waals surface area contributed by atoms with Crippen molar-refractivity contribution in [2.24, 2.45) is 17.8 Å². The third kappa shape index (κ3) is 4.19. The summed E-state index contributed by atoms with van der Waals surface area (Å²) in [4.78, 5) is 27.8. The van der Waals surface area contributed by atoms with Gasteiger partial charge in [0, 0.05) is 54.0 Å². The summed E-state index contributed by atoms with van der Waals surface area (Å²) in [7, 11) is 0. The smallest absolute Gasteiger partial charge is 0.255 e. The highest BCUT2D eigenvalue weighted by atomic mass is 35.5. The Kier molecular flexibility index (Phi) is 5.68. The summed E-state index contributed by atoms with van der Waals surface area (Å²) in [5.74, 6) is 1.75. The Morgan fingerprint density at radius 1 is 1.00 bits per heavy atom. The Morgan fingerprint density at radius 2 is 1.81 bits per heavy atom. The minimum absolute atomic E-state index is 0.0668. The van der Waals surface area contributed by atoms with Gasteiger partial charge in [-0.1, -0.05) is 36.2 Å². The highest BCUT2D eigenvalue weighted by Crippen LogP contribution is 2.42. The second kappa shape index (κ2) is 8.75. The van der Waals surface area contributed by atoms with Gasteiger partial charge in [-0.05, 0) is 54.7 Å². The third-order valence-electron chi connectivity index (χ3n) is 6.85. The molecule has 2 fully saturated rings. The van der Waals surface area contributed by atoms with E-state index in [4.69, 9.17) is 11.6 Å². The number of pyridine rings is 1. The number of amides is 1. The topological polar surface area (TPSA) is 59.0 Å². The lowest BCUT2D eigenvalue weighted by molar-refractivity contribution is 0.0781. The normalized spacial score (nSPS) is 22.9. The Hall–Kier alpha value is -2.79. The van der Waals surface area contributed by atoms with Crippen molar-refractivity contribution >= 4 is 17.5 Å². The van der Waals surface area contributed by atoms with Crippen LogP contribution in [-0.4, -0.2) is 38.8 Å². The van der Waals surface area contributed by atoms with E-state index in [0.29, 0.717) is 23.3 Å². The number of nitrogens with zero attached hydrogens (tertiary/aromatic N) is 4. The fourth-order valence-electron chi connectivity index (χ4n) is 5.30. The number of benzene rings is 1. The molecular formula is C25H25ClN4O. The van der Waals surface area contributed by atoms with E-state index in [2.05, 4.69) is 27.1 Å². The third-order valence-corrected chi connectivity index (χ3v) is 7.22. The minimum Gasteiger partial charge on any atom is -0.338 e. The van der Waals surface area contributed by atoms with Crippen LogP contribution in [-0.2, 0) is 6.42 Å². The molecule has 1 amide bonds. The van der Waals surface area contributed by atoms with Crippen LogP contribution in [0, 0.1) is 17.8 Å². The molecule has 5 nitrogen and oxygen atoms in total. The Morgan fingerprint density at radius 3 is 2.65 bits per heavy atom. The molecule has 0 N–H and O–H groups in total. The van der Waals surface area contributed by atoms with Crippen LogP contribution in [0.3, 0.4) is 0 Å². The molecule has 31 heavy (non-hydrogen) atoms. The van der Waals surface area contributed by atoms with Crippen LogP contribution < -0.4 is 0 Å². The van der Waals surface area contributed by atoms with E-state index in [1.54, 1.807) is 24.8 Å². The molecule has 0 spiro atoms. The van der Waals surface area contributed by atoms with E-state index < -0.39 is 0 Å². The molecule has 1 aliphatic carbocycles. The molecule has 1 saturated carbocycles. The van der Waals surface area contributed by atoms with Gasteiger partial charge < -0.3 is 4.90 Å². The van der Waals surface area contributed by atoms with Crippen molar-refractivity contribution in [3.05, 3.63) is 77.6 Å². The number of hydrogen-bond acceptors (Lipinski definition) is 4. The number of hydrogen-bond donors (Lipinski definition) is 0. The van der Waals surface area contributed by atoms with E-state index in [9.17, 15) is 4.79 Å². The van der Waals surface area contributed by atoms with Crippen LogP contribution in [0.2, 0.25) is 5.02 Å². The summed E-state index contributed by atoms with van der Waals surface area (Å²) in [5, 5.41) is 0.850. The maximum atomic E-state index is 13.3. The van der Waals surface area contributed by atoms with Gasteiger partial charge in [0.15, 0.2) is 0 Å². The van der Waals surface area contributed by atoms with Crippen LogP contribution in [0.5, 0.6) is 0 Å². The van der Waals surface area contributed by atoms with Gasteiger partial charge in [0.05, 0.1) is 5.56 Å².